The largest absolute Gasteiger partial charge is 0.0693 e. The van der Waals surface area contributed by atoms with E-state index in [4.69, 9.17) is 0 Å². The van der Waals surface area contributed by atoms with Gasteiger partial charge < -0.3 is 0 Å². The monoisotopic (exact) mass is 436 g/mol. The Morgan fingerprint density at radius 3 is 0.821 bits per heavy atom. The summed E-state index contributed by atoms with van der Waals surface area (Å²) in [4.78, 5) is 0. The third-order valence-electron chi connectivity index (χ3n) is 9.70. The minimum absolute atomic E-state index is 0.961. The van der Waals surface area contributed by atoms with E-state index in [1.807, 2.05) is 0 Å². The van der Waals surface area contributed by atoms with Crippen LogP contribution in [0.3, 0.4) is 0 Å². The number of rotatable bonds is 9. The Hall–Kier alpha value is 0.651. The van der Waals surface area contributed by atoms with Gasteiger partial charge in [0.05, 0.1) is 0 Å². The topological polar surface area (TPSA) is 0 Å². The van der Waals surface area contributed by atoms with Gasteiger partial charge in [-0.2, -0.15) is 0 Å². The lowest BCUT2D eigenvalue weighted by Crippen LogP contribution is -2.34. The standard InChI is InChI=1S/C25H52Si3/c1-16(19-13-22(19)26(4,5)6)25(17(2)20-14-23(20)27(7,8)9)18(3)21-15-24(21)28(10,11)12/h16-25H,13-15H2,1-12H3/t16-,17-,18-,19?,20?,21?,22+,23+,24+,25?/m1/s1. The summed E-state index contributed by atoms with van der Waals surface area (Å²) >= 11 is 0. The smallest absolute Gasteiger partial charge is 0.0476 e. The van der Waals surface area contributed by atoms with Crippen molar-refractivity contribution in [3.05, 3.63) is 0 Å². The summed E-state index contributed by atoms with van der Waals surface area (Å²) in [5.41, 5.74) is 3.34. The number of hydrogen-bond acceptors (Lipinski definition) is 0. The van der Waals surface area contributed by atoms with Gasteiger partial charge in [-0.1, -0.05) is 79.7 Å². The van der Waals surface area contributed by atoms with Crippen molar-refractivity contribution in [2.75, 3.05) is 0 Å². The molecule has 3 saturated carbocycles. The van der Waals surface area contributed by atoms with Crippen molar-refractivity contribution in [2.45, 2.75) is 116 Å². The predicted molar refractivity (Wildman–Crippen MR) is 137 cm³/mol. The second-order valence-corrected chi connectivity index (χ2v) is 31.2. The van der Waals surface area contributed by atoms with Crippen LogP contribution >= 0.6 is 0 Å². The van der Waals surface area contributed by atoms with Crippen LogP contribution < -0.4 is 0 Å². The molecule has 3 aliphatic carbocycles. The third-order valence-corrected chi connectivity index (χ3v) is 18.4. The highest BCUT2D eigenvalue weighted by atomic mass is 28.3. The maximum atomic E-state index is 2.69. The molecule has 3 fully saturated rings. The highest BCUT2D eigenvalue weighted by Crippen LogP contribution is 2.66. The molecule has 0 aromatic heterocycles. The highest BCUT2D eigenvalue weighted by molar-refractivity contribution is 6.79. The Kier molecular flexibility index (Phi) is 6.13. The Morgan fingerprint density at radius 2 is 0.679 bits per heavy atom. The normalized spacial score (nSPS) is 39.9. The van der Waals surface area contributed by atoms with E-state index in [-0.39, 0.29) is 0 Å². The molecule has 0 aliphatic heterocycles. The maximum Gasteiger partial charge on any atom is 0.0476 e. The average molecular weight is 437 g/mol. The Morgan fingerprint density at radius 1 is 0.464 bits per heavy atom. The lowest BCUT2D eigenvalue weighted by molar-refractivity contribution is 0.128. The molecule has 0 spiro atoms. The van der Waals surface area contributed by atoms with Crippen LogP contribution in [0.25, 0.3) is 0 Å². The summed E-state index contributed by atoms with van der Waals surface area (Å²) in [5.74, 6) is 7.08. The van der Waals surface area contributed by atoms with Crippen LogP contribution in [0.5, 0.6) is 0 Å². The maximum absolute atomic E-state index is 2.69. The van der Waals surface area contributed by atoms with E-state index in [1.165, 1.54) is 0 Å². The number of hydrogen-bond donors (Lipinski definition) is 0. The summed E-state index contributed by atoms with van der Waals surface area (Å²) in [6.45, 7) is 31.7. The molecule has 0 nitrogen and oxygen atoms in total. The van der Waals surface area contributed by atoms with Gasteiger partial charge in [0.25, 0.3) is 0 Å². The lowest BCUT2D eigenvalue weighted by Gasteiger charge is -2.38. The summed E-state index contributed by atoms with van der Waals surface area (Å²) in [6, 6.07) is 0. The van der Waals surface area contributed by atoms with Gasteiger partial charge in [0, 0.05) is 24.2 Å². The van der Waals surface area contributed by atoms with Crippen LogP contribution in [0.4, 0.5) is 0 Å². The van der Waals surface area contributed by atoms with E-state index < -0.39 is 24.2 Å². The van der Waals surface area contributed by atoms with E-state index >= 15 is 0 Å². The minimum atomic E-state index is -0.961. The van der Waals surface area contributed by atoms with Gasteiger partial charge in [0.1, 0.15) is 0 Å². The third kappa shape index (κ3) is 4.77. The van der Waals surface area contributed by atoms with Gasteiger partial charge in [-0.05, 0) is 77.3 Å². The van der Waals surface area contributed by atoms with Crippen LogP contribution in [0, 0.1) is 41.4 Å². The zero-order valence-corrected chi connectivity index (χ0v) is 24.4. The van der Waals surface area contributed by atoms with E-state index in [0.29, 0.717) is 0 Å². The highest BCUT2D eigenvalue weighted by Gasteiger charge is 2.58. The molecule has 0 saturated heterocycles. The molecule has 0 amide bonds. The molecule has 0 heterocycles. The van der Waals surface area contributed by atoms with Crippen molar-refractivity contribution in [1.29, 1.82) is 0 Å². The van der Waals surface area contributed by atoms with Gasteiger partial charge in [-0.15, -0.1) is 0 Å². The molecule has 0 aromatic rings. The van der Waals surface area contributed by atoms with Crippen LogP contribution in [0.1, 0.15) is 40.0 Å². The molecule has 3 unspecified atom stereocenters. The summed E-state index contributed by atoms with van der Waals surface area (Å²) < 4.78 is 0. The van der Waals surface area contributed by atoms with Gasteiger partial charge in [-0.25, -0.2) is 0 Å². The Bertz CT molecular complexity index is 483. The quantitative estimate of drug-likeness (QED) is 0.317. The molecular weight excluding hydrogens is 385 g/mol. The first kappa shape index (κ1) is 23.3. The van der Waals surface area contributed by atoms with E-state index in [1.54, 1.807) is 19.3 Å². The Balaban J connectivity index is 1.76. The first-order valence-electron chi connectivity index (χ1n) is 12.5. The molecule has 164 valence electrons. The van der Waals surface area contributed by atoms with Gasteiger partial charge >= 0.3 is 0 Å². The fourth-order valence-electron chi connectivity index (χ4n) is 7.67. The molecule has 9 atom stereocenters. The van der Waals surface area contributed by atoms with E-state index in [2.05, 4.69) is 79.7 Å². The fraction of sp³-hybridized carbons (Fsp3) is 1.00. The van der Waals surface area contributed by atoms with Crippen LogP contribution in [0.2, 0.25) is 75.5 Å². The molecule has 0 aromatic carbocycles. The van der Waals surface area contributed by atoms with Crippen molar-refractivity contribution < 1.29 is 0 Å². The molecule has 28 heavy (non-hydrogen) atoms. The van der Waals surface area contributed by atoms with E-state index in [9.17, 15) is 0 Å². The molecule has 3 rings (SSSR count). The van der Waals surface area contributed by atoms with Gasteiger partial charge in [0.15, 0.2) is 0 Å². The molecule has 0 N–H and O–H groups in total. The van der Waals surface area contributed by atoms with Gasteiger partial charge in [0.2, 0.25) is 0 Å². The van der Waals surface area contributed by atoms with Crippen molar-refractivity contribution in [1.82, 2.24) is 0 Å². The molecule has 0 radical (unpaired) electrons. The second-order valence-electron chi connectivity index (χ2n) is 14.8. The predicted octanol–water partition coefficient (Wildman–Crippen LogP) is 8.70. The van der Waals surface area contributed by atoms with Crippen LogP contribution in [0.15, 0.2) is 0 Å². The summed E-state index contributed by atoms with van der Waals surface area (Å²) in [6.07, 6.45) is 4.70. The summed E-state index contributed by atoms with van der Waals surface area (Å²) in [7, 11) is -2.88. The Labute approximate surface area is 181 Å². The SMILES string of the molecule is C[C@@H](C([C@H](C)C1C[C@@H]1[Si](C)(C)C)[C@H](C)C1C[C@@H]1[Si](C)(C)C)C1C[C@@H]1[Si](C)(C)C. The van der Waals surface area contributed by atoms with Crippen molar-refractivity contribution in [3.63, 3.8) is 0 Å². The lowest BCUT2D eigenvalue weighted by atomic mass is 9.70. The van der Waals surface area contributed by atoms with Crippen LogP contribution in [-0.2, 0) is 0 Å². The van der Waals surface area contributed by atoms with Crippen molar-refractivity contribution >= 4 is 24.2 Å². The van der Waals surface area contributed by atoms with Crippen LogP contribution in [-0.4, -0.2) is 24.2 Å². The minimum Gasteiger partial charge on any atom is -0.0693 e. The second kappa shape index (κ2) is 7.36. The first-order valence-corrected chi connectivity index (χ1v) is 23.3. The van der Waals surface area contributed by atoms with Crippen molar-refractivity contribution in [2.24, 2.45) is 41.4 Å². The average Bonchev–Trinajstić information content (AvgIpc) is 3.38. The molecule has 0 bridgehead atoms. The van der Waals surface area contributed by atoms with E-state index in [0.717, 1.165) is 58.0 Å². The zero-order chi connectivity index (χ0) is 21.4. The zero-order valence-electron chi connectivity index (χ0n) is 21.4. The van der Waals surface area contributed by atoms with Crippen molar-refractivity contribution in [3.8, 4) is 0 Å². The fourth-order valence-corrected chi connectivity index (χ4v) is 15.4. The molecule has 3 heteroatoms. The summed E-state index contributed by atoms with van der Waals surface area (Å²) in [5, 5.41) is 0. The first-order chi connectivity index (χ1) is 12.5. The molecular formula is C25H52Si3. The molecule has 3 aliphatic rings. The van der Waals surface area contributed by atoms with Gasteiger partial charge in [-0.3, -0.25) is 0 Å².